The molecule has 2 aromatic carbocycles. The molecule has 0 atom stereocenters. The summed E-state index contributed by atoms with van der Waals surface area (Å²) in [5, 5.41) is 5.10. The molecule has 0 amide bonds. The Morgan fingerprint density at radius 3 is 2.63 bits per heavy atom. The van der Waals surface area contributed by atoms with Crippen molar-refractivity contribution in [2.45, 2.75) is 0 Å². The van der Waals surface area contributed by atoms with Crippen LogP contribution < -0.4 is 9.47 Å². The van der Waals surface area contributed by atoms with Gasteiger partial charge in [-0.1, -0.05) is 17.3 Å². The van der Waals surface area contributed by atoms with E-state index in [0.717, 1.165) is 28.0 Å². The number of methoxy groups -OCH3 is 2. The van der Waals surface area contributed by atoms with Crippen LogP contribution in [0.3, 0.4) is 0 Å². The molecule has 0 unspecified atom stereocenters. The van der Waals surface area contributed by atoms with Gasteiger partial charge in [-0.3, -0.25) is 0 Å². The third-order valence-corrected chi connectivity index (χ3v) is 3.04. The number of benzene rings is 2. The molecule has 0 aliphatic carbocycles. The zero-order valence-corrected chi connectivity index (χ0v) is 10.7. The summed E-state index contributed by atoms with van der Waals surface area (Å²) < 4.78 is 15.9. The Bertz CT molecular complexity index is 718. The average Bonchev–Trinajstić information content (AvgIpc) is 2.90. The standard InChI is InChI=1S/C15H13NO3/c1-17-10-7-8-12(14(9-10)18-2)15-11-5-3-4-6-13(11)19-16-15/h3-9H,1-2H3. The van der Waals surface area contributed by atoms with Gasteiger partial charge in [0.2, 0.25) is 0 Å². The molecule has 4 heteroatoms. The summed E-state index contributed by atoms with van der Waals surface area (Å²) >= 11 is 0. The van der Waals surface area contributed by atoms with Crippen LogP contribution in [0.25, 0.3) is 22.2 Å². The Hall–Kier alpha value is -2.49. The maximum atomic E-state index is 5.40. The molecule has 0 radical (unpaired) electrons. The number of rotatable bonds is 3. The van der Waals surface area contributed by atoms with Gasteiger partial charge >= 0.3 is 0 Å². The van der Waals surface area contributed by atoms with Crippen LogP contribution in [0.5, 0.6) is 11.5 Å². The summed E-state index contributed by atoms with van der Waals surface area (Å²) in [5.41, 5.74) is 2.42. The molecule has 0 aliphatic heterocycles. The molecular weight excluding hydrogens is 242 g/mol. The van der Waals surface area contributed by atoms with Gasteiger partial charge < -0.3 is 14.0 Å². The molecule has 3 rings (SSSR count). The van der Waals surface area contributed by atoms with E-state index in [1.807, 2.05) is 42.5 Å². The minimum Gasteiger partial charge on any atom is -0.497 e. The molecule has 96 valence electrons. The van der Waals surface area contributed by atoms with Crippen molar-refractivity contribution in [3.63, 3.8) is 0 Å². The highest BCUT2D eigenvalue weighted by atomic mass is 16.5. The van der Waals surface area contributed by atoms with E-state index in [9.17, 15) is 0 Å². The Kier molecular flexibility index (Phi) is 2.83. The molecule has 0 saturated heterocycles. The normalized spacial score (nSPS) is 10.6. The van der Waals surface area contributed by atoms with E-state index in [0.29, 0.717) is 5.75 Å². The van der Waals surface area contributed by atoms with E-state index >= 15 is 0 Å². The van der Waals surface area contributed by atoms with Gasteiger partial charge in [-0.2, -0.15) is 0 Å². The molecule has 0 fully saturated rings. The van der Waals surface area contributed by atoms with Crippen molar-refractivity contribution < 1.29 is 14.0 Å². The first kappa shape index (κ1) is 11.6. The number of hydrogen-bond acceptors (Lipinski definition) is 4. The number of fused-ring (bicyclic) bond motifs is 1. The van der Waals surface area contributed by atoms with Crippen LogP contribution >= 0.6 is 0 Å². The Morgan fingerprint density at radius 2 is 1.84 bits per heavy atom. The number of hydrogen-bond donors (Lipinski definition) is 0. The zero-order valence-electron chi connectivity index (χ0n) is 10.7. The highest BCUT2D eigenvalue weighted by molar-refractivity contribution is 5.93. The average molecular weight is 255 g/mol. The molecule has 0 aliphatic rings. The van der Waals surface area contributed by atoms with Gasteiger partial charge in [-0.25, -0.2) is 0 Å². The lowest BCUT2D eigenvalue weighted by Gasteiger charge is -2.08. The van der Waals surface area contributed by atoms with E-state index in [1.54, 1.807) is 14.2 Å². The molecule has 1 aromatic heterocycles. The topological polar surface area (TPSA) is 44.5 Å². The third-order valence-electron chi connectivity index (χ3n) is 3.04. The second kappa shape index (κ2) is 4.65. The fourth-order valence-corrected chi connectivity index (χ4v) is 2.07. The predicted octanol–water partition coefficient (Wildman–Crippen LogP) is 3.51. The van der Waals surface area contributed by atoms with E-state index in [4.69, 9.17) is 14.0 Å². The van der Waals surface area contributed by atoms with E-state index in [-0.39, 0.29) is 0 Å². The van der Waals surface area contributed by atoms with Gasteiger partial charge in [0.25, 0.3) is 0 Å². The van der Waals surface area contributed by atoms with Gasteiger partial charge in [-0.15, -0.1) is 0 Å². The first-order chi connectivity index (χ1) is 9.33. The molecule has 0 bridgehead atoms. The fraction of sp³-hybridized carbons (Fsp3) is 0.133. The quantitative estimate of drug-likeness (QED) is 0.718. The maximum Gasteiger partial charge on any atom is 0.167 e. The molecule has 19 heavy (non-hydrogen) atoms. The summed E-state index contributed by atoms with van der Waals surface area (Å²) in [6, 6.07) is 13.4. The Morgan fingerprint density at radius 1 is 1.00 bits per heavy atom. The number of aromatic nitrogens is 1. The Labute approximate surface area is 110 Å². The predicted molar refractivity (Wildman–Crippen MR) is 72.5 cm³/mol. The van der Waals surface area contributed by atoms with Gasteiger partial charge in [0.1, 0.15) is 17.2 Å². The molecule has 1 heterocycles. The van der Waals surface area contributed by atoms with Crippen molar-refractivity contribution in [3.05, 3.63) is 42.5 Å². The molecule has 4 nitrogen and oxygen atoms in total. The number of nitrogens with zero attached hydrogens (tertiary/aromatic N) is 1. The molecular formula is C15H13NO3. The van der Waals surface area contributed by atoms with Gasteiger partial charge in [0.15, 0.2) is 5.58 Å². The van der Waals surface area contributed by atoms with Crippen molar-refractivity contribution in [1.29, 1.82) is 0 Å². The van der Waals surface area contributed by atoms with Crippen LogP contribution in [0.2, 0.25) is 0 Å². The monoisotopic (exact) mass is 255 g/mol. The molecule has 3 aromatic rings. The second-order valence-corrected chi connectivity index (χ2v) is 4.09. The van der Waals surface area contributed by atoms with E-state index in [2.05, 4.69) is 5.16 Å². The van der Waals surface area contributed by atoms with Gasteiger partial charge in [0, 0.05) is 17.0 Å². The van der Waals surface area contributed by atoms with E-state index < -0.39 is 0 Å². The number of ether oxygens (including phenoxy) is 2. The fourth-order valence-electron chi connectivity index (χ4n) is 2.07. The number of para-hydroxylation sites is 1. The molecule has 0 spiro atoms. The Balaban J connectivity index is 2.21. The first-order valence-corrected chi connectivity index (χ1v) is 5.90. The summed E-state index contributed by atoms with van der Waals surface area (Å²) in [7, 11) is 3.25. The zero-order chi connectivity index (χ0) is 13.2. The minimum absolute atomic E-state index is 0.707. The second-order valence-electron chi connectivity index (χ2n) is 4.09. The minimum atomic E-state index is 0.707. The lowest BCUT2D eigenvalue weighted by Crippen LogP contribution is -1.90. The van der Waals surface area contributed by atoms with Crippen molar-refractivity contribution >= 4 is 11.0 Å². The van der Waals surface area contributed by atoms with E-state index in [1.165, 1.54) is 0 Å². The largest absolute Gasteiger partial charge is 0.497 e. The summed E-state index contributed by atoms with van der Waals surface area (Å²) in [6.07, 6.45) is 0. The molecule has 0 N–H and O–H groups in total. The van der Waals surface area contributed by atoms with Gasteiger partial charge in [-0.05, 0) is 24.3 Å². The summed E-state index contributed by atoms with van der Waals surface area (Å²) in [4.78, 5) is 0. The maximum absolute atomic E-state index is 5.40. The van der Waals surface area contributed by atoms with Crippen molar-refractivity contribution in [1.82, 2.24) is 5.16 Å². The van der Waals surface area contributed by atoms with Crippen LogP contribution in [0.4, 0.5) is 0 Å². The van der Waals surface area contributed by atoms with Crippen LogP contribution in [0, 0.1) is 0 Å². The van der Waals surface area contributed by atoms with Crippen LogP contribution in [0.1, 0.15) is 0 Å². The van der Waals surface area contributed by atoms with Crippen LogP contribution in [0.15, 0.2) is 47.0 Å². The van der Waals surface area contributed by atoms with Crippen molar-refractivity contribution in [2.24, 2.45) is 0 Å². The smallest absolute Gasteiger partial charge is 0.167 e. The van der Waals surface area contributed by atoms with Crippen LogP contribution in [-0.4, -0.2) is 19.4 Å². The van der Waals surface area contributed by atoms with Crippen molar-refractivity contribution in [3.8, 4) is 22.8 Å². The highest BCUT2D eigenvalue weighted by Crippen LogP contribution is 2.36. The SMILES string of the molecule is COc1ccc(-c2noc3ccccc23)c(OC)c1. The lowest BCUT2D eigenvalue weighted by atomic mass is 10.1. The first-order valence-electron chi connectivity index (χ1n) is 5.90. The van der Waals surface area contributed by atoms with Crippen molar-refractivity contribution in [2.75, 3.05) is 14.2 Å². The summed E-state index contributed by atoms with van der Waals surface area (Å²) in [5.74, 6) is 1.45. The van der Waals surface area contributed by atoms with Gasteiger partial charge in [0.05, 0.1) is 14.2 Å². The third kappa shape index (κ3) is 1.91. The molecule has 0 saturated carbocycles. The summed E-state index contributed by atoms with van der Waals surface area (Å²) in [6.45, 7) is 0. The highest BCUT2D eigenvalue weighted by Gasteiger charge is 2.14. The lowest BCUT2D eigenvalue weighted by molar-refractivity contribution is 0.394. The van der Waals surface area contributed by atoms with Crippen LogP contribution in [-0.2, 0) is 0 Å².